The Morgan fingerprint density at radius 1 is 0.941 bits per heavy atom. The van der Waals surface area contributed by atoms with Crippen LogP contribution in [-0.4, -0.2) is 45.8 Å². The Hall–Kier alpha value is -3.71. The molecule has 174 valence electrons. The Kier molecular flexibility index (Phi) is 7.88. The zero-order valence-corrected chi connectivity index (χ0v) is 18.9. The normalized spacial score (nSPS) is 11.5. The molecule has 3 aromatic carbocycles. The summed E-state index contributed by atoms with van der Waals surface area (Å²) in [6.07, 6.45) is 3.77. The molecule has 0 unspecified atom stereocenters. The van der Waals surface area contributed by atoms with Crippen LogP contribution < -0.4 is 5.48 Å². The summed E-state index contributed by atoms with van der Waals surface area (Å²) in [5, 5.41) is 19.5. The molecule has 0 fully saturated rings. The number of aliphatic hydroxyl groups excluding tert-OH is 1. The summed E-state index contributed by atoms with van der Waals surface area (Å²) in [6, 6.07) is 26.7. The number of para-hydroxylation sites is 1. The molecule has 0 aliphatic carbocycles. The molecule has 0 atom stereocenters. The van der Waals surface area contributed by atoms with Crippen molar-refractivity contribution in [1.82, 2.24) is 15.4 Å². The molecule has 4 N–H and O–H groups in total. The fourth-order valence-electron chi connectivity index (χ4n) is 4.19. The van der Waals surface area contributed by atoms with Crippen LogP contribution in [0.3, 0.4) is 0 Å². The van der Waals surface area contributed by atoms with Gasteiger partial charge < -0.3 is 10.1 Å². The number of hydrogen-bond donors (Lipinski definition) is 4. The van der Waals surface area contributed by atoms with Crippen molar-refractivity contribution >= 4 is 22.9 Å². The van der Waals surface area contributed by atoms with Gasteiger partial charge in [-0.15, -0.1) is 0 Å². The molecule has 0 saturated carbocycles. The maximum absolute atomic E-state index is 11.2. The third kappa shape index (κ3) is 5.80. The molecule has 6 nitrogen and oxygen atoms in total. The molecule has 1 aromatic heterocycles. The van der Waals surface area contributed by atoms with E-state index in [-0.39, 0.29) is 6.61 Å². The van der Waals surface area contributed by atoms with E-state index in [1.165, 1.54) is 22.6 Å². The van der Waals surface area contributed by atoms with Crippen LogP contribution in [0, 0.1) is 0 Å². The number of aromatic nitrogens is 1. The summed E-state index contributed by atoms with van der Waals surface area (Å²) in [4.78, 5) is 17.0. The van der Waals surface area contributed by atoms with Crippen molar-refractivity contribution in [2.24, 2.45) is 0 Å². The largest absolute Gasteiger partial charge is 0.395 e. The summed E-state index contributed by atoms with van der Waals surface area (Å²) in [5.41, 5.74) is 8.30. The number of aliphatic hydroxyl groups is 1. The lowest BCUT2D eigenvalue weighted by Crippen LogP contribution is -2.28. The van der Waals surface area contributed by atoms with Crippen LogP contribution in [0.25, 0.3) is 28.2 Å². The molecule has 0 spiro atoms. The van der Waals surface area contributed by atoms with E-state index >= 15 is 0 Å². The Labute approximate surface area is 199 Å². The van der Waals surface area contributed by atoms with Gasteiger partial charge in [0, 0.05) is 42.3 Å². The van der Waals surface area contributed by atoms with E-state index < -0.39 is 5.91 Å². The third-order valence-electron chi connectivity index (χ3n) is 5.89. The highest BCUT2D eigenvalue weighted by molar-refractivity contribution is 5.91. The predicted octanol–water partition coefficient (Wildman–Crippen LogP) is 4.39. The number of H-pyrrole nitrogens is 1. The summed E-state index contributed by atoms with van der Waals surface area (Å²) >= 11 is 0. The van der Waals surface area contributed by atoms with Crippen LogP contribution in [0.5, 0.6) is 0 Å². The zero-order chi connectivity index (χ0) is 23.8. The first-order chi connectivity index (χ1) is 16.7. The van der Waals surface area contributed by atoms with Gasteiger partial charge in [-0.1, -0.05) is 72.8 Å². The van der Waals surface area contributed by atoms with Gasteiger partial charge in [-0.2, -0.15) is 0 Å². The number of rotatable bonds is 10. The number of nitrogens with zero attached hydrogens (tertiary/aromatic N) is 1. The van der Waals surface area contributed by atoms with Gasteiger partial charge in [0.1, 0.15) is 0 Å². The van der Waals surface area contributed by atoms with Gasteiger partial charge in [0.15, 0.2) is 0 Å². The van der Waals surface area contributed by atoms with E-state index in [1.54, 1.807) is 11.6 Å². The summed E-state index contributed by atoms with van der Waals surface area (Å²) in [6.45, 7) is 2.20. The molecular weight excluding hydrogens is 426 g/mol. The number of fused-ring (bicyclic) bond motifs is 1. The molecule has 1 amide bonds. The van der Waals surface area contributed by atoms with E-state index in [4.69, 9.17) is 5.21 Å². The molecular formula is C28H29N3O3. The highest BCUT2D eigenvalue weighted by Gasteiger charge is 2.15. The van der Waals surface area contributed by atoms with Crippen molar-refractivity contribution in [2.45, 2.75) is 13.0 Å². The van der Waals surface area contributed by atoms with E-state index in [1.807, 2.05) is 36.4 Å². The minimum absolute atomic E-state index is 0.0938. The van der Waals surface area contributed by atoms with Gasteiger partial charge in [0.25, 0.3) is 5.91 Å². The topological polar surface area (TPSA) is 88.6 Å². The first-order valence-corrected chi connectivity index (χ1v) is 11.4. The lowest BCUT2D eigenvalue weighted by Gasteiger charge is -2.22. The minimum Gasteiger partial charge on any atom is -0.395 e. The lowest BCUT2D eigenvalue weighted by molar-refractivity contribution is -0.124. The van der Waals surface area contributed by atoms with Crippen LogP contribution in [0.15, 0.2) is 84.9 Å². The van der Waals surface area contributed by atoms with Crippen molar-refractivity contribution in [3.8, 4) is 11.3 Å². The van der Waals surface area contributed by atoms with Crippen LogP contribution in [0.1, 0.15) is 16.7 Å². The summed E-state index contributed by atoms with van der Waals surface area (Å²) in [7, 11) is 0. The van der Waals surface area contributed by atoms with E-state index in [0.717, 1.165) is 35.3 Å². The van der Waals surface area contributed by atoms with Crippen LogP contribution in [-0.2, 0) is 17.8 Å². The number of hydroxylamine groups is 1. The number of carbonyl (C=O) groups excluding carboxylic acids is 1. The van der Waals surface area contributed by atoms with Crippen LogP contribution in [0.2, 0.25) is 0 Å². The summed E-state index contributed by atoms with van der Waals surface area (Å²) in [5.74, 6) is -0.564. The first-order valence-electron chi connectivity index (χ1n) is 11.4. The Balaban J connectivity index is 1.50. The Bertz CT molecular complexity index is 1250. The van der Waals surface area contributed by atoms with Gasteiger partial charge in [-0.25, -0.2) is 5.48 Å². The van der Waals surface area contributed by atoms with Gasteiger partial charge >= 0.3 is 0 Å². The maximum atomic E-state index is 11.2. The quantitative estimate of drug-likeness (QED) is 0.162. The van der Waals surface area contributed by atoms with Gasteiger partial charge in [-0.3, -0.25) is 14.9 Å². The Morgan fingerprint density at radius 2 is 1.68 bits per heavy atom. The van der Waals surface area contributed by atoms with E-state index in [9.17, 15) is 9.90 Å². The van der Waals surface area contributed by atoms with E-state index in [0.29, 0.717) is 13.1 Å². The number of aromatic amines is 1. The molecule has 6 heteroatoms. The number of carbonyl (C=O) groups is 1. The van der Waals surface area contributed by atoms with Crippen LogP contribution in [0.4, 0.5) is 0 Å². The molecule has 0 aliphatic heterocycles. The molecule has 0 radical (unpaired) electrons. The van der Waals surface area contributed by atoms with Crippen LogP contribution >= 0.6 is 0 Å². The number of benzene rings is 3. The second-order valence-corrected chi connectivity index (χ2v) is 8.19. The number of nitrogens with one attached hydrogen (secondary N) is 2. The monoisotopic (exact) mass is 455 g/mol. The van der Waals surface area contributed by atoms with Crippen molar-refractivity contribution in [1.29, 1.82) is 0 Å². The molecule has 1 heterocycles. The lowest BCUT2D eigenvalue weighted by atomic mass is 10.0. The van der Waals surface area contributed by atoms with Crippen molar-refractivity contribution < 1.29 is 15.1 Å². The molecule has 0 aliphatic rings. The highest BCUT2D eigenvalue weighted by Crippen LogP contribution is 2.30. The standard InChI is InChI=1S/C28H29N3O3/c32-19-18-31(20-22-12-10-21(11-13-22)14-15-27(33)30-34)17-16-25-24-8-4-5-9-26(24)29-28(25)23-6-2-1-3-7-23/h1-15,29,32,34H,16-20H2,(H,30,33). The van der Waals surface area contributed by atoms with Crippen molar-refractivity contribution in [2.75, 3.05) is 19.7 Å². The SMILES string of the molecule is O=C(C=Cc1ccc(CN(CCO)CCc2c(-c3ccccc3)[nH]c3ccccc23)cc1)NO. The van der Waals surface area contributed by atoms with Gasteiger partial charge in [0.2, 0.25) is 0 Å². The van der Waals surface area contributed by atoms with Gasteiger partial charge in [0.05, 0.1) is 6.61 Å². The van der Waals surface area contributed by atoms with Crippen molar-refractivity contribution in [3.63, 3.8) is 0 Å². The Morgan fingerprint density at radius 3 is 2.41 bits per heavy atom. The number of hydrogen-bond acceptors (Lipinski definition) is 4. The van der Waals surface area contributed by atoms with Crippen molar-refractivity contribution in [3.05, 3.63) is 102 Å². The third-order valence-corrected chi connectivity index (χ3v) is 5.89. The average Bonchev–Trinajstić information content (AvgIpc) is 3.26. The molecule has 0 saturated heterocycles. The zero-order valence-electron chi connectivity index (χ0n) is 18.9. The van der Waals surface area contributed by atoms with E-state index in [2.05, 4.69) is 52.3 Å². The fraction of sp³-hybridized carbons (Fsp3) is 0.179. The molecule has 34 heavy (non-hydrogen) atoms. The maximum Gasteiger partial charge on any atom is 0.267 e. The fourth-order valence-corrected chi connectivity index (χ4v) is 4.19. The first kappa shape index (κ1) is 23.4. The number of amides is 1. The smallest absolute Gasteiger partial charge is 0.267 e. The highest BCUT2D eigenvalue weighted by atomic mass is 16.5. The van der Waals surface area contributed by atoms with Gasteiger partial charge in [-0.05, 0) is 40.8 Å². The second kappa shape index (κ2) is 11.4. The molecule has 0 bridgehead atoms. The molecule has 4 rings (SSSR count). The summed E-state index contributed by atoms with van der Waals surface area (Å²) < 4.78 is 0. The second-order valence-electron chi connectivity index (χ2n) is 8.19. The minimum atomic E-state index is -0.564. The average molecular weight is 456 g/mol. The molecule has 4 aromatic rings. The predicted molar refractivity (Wildman–Crippen MR) is 135 cm³/mol.